The number of piperidine rings is 1. The minimum atomic E-state index is 0. The molecule has 0 bridgehead atoms. The Morgan fingerprint density at radius 2 is 1.58 bits per heavy atom. The van der Waals surface area contributed by atoms with Gasteiger partial charge in [0.05, 0.1) is 5.33 Å². The van der Waals surface area contributed by atoms with Crippen molar-refractivity contribution in [1.29, 1.82) is 0 Å². The first-order valence-electron chi connectivity index (χ1n) is 8.97. The van der Waals surface area contributed by atoms with E-state index in [0.717, 1.165) is 44.6 Å². The van der Waals surface area contributed by atoms with Crippen LogP contribution in [-0.2, 0) is 11.2 Å². The lowest BCUT2D eigenvalue weighted by Crippen LogP contribution is -2.48. The number of anilines is 1. The van der Waals surface area contributed by atoms with Crippen LogP contribution in [0.25, 0.3) is 0 Å². The predicted octanol–water partition coefficient (Wildman–Crippen LogP) is 4.70. The van der Waals surface area contributed by atoms with E-state index < -0.39 is 0 Å². The Bertz CT molecular complexity index is 658. The maximum absolute atomic E-state index is 12.5. The topological polar surface area (TPSA) is 23.6 Å². The van der Waals surface area contributed by atoms with Crippen LogP contribution in [0.4, 0.5) is 5.69 Å². The molecule has 26 heavy (non-hydrogen) atoms. The third kappa shape index (κ3) is 5.66. The molecule has 1 aliphatic rings. The molecule has 0 unspecified atom stereocenters. The highest BCUT2D eigenvalue weighted by Crippen LogP contribution is 2.24. The van der Waals surface area contributed by atoms with E-state index in [2.05, 4.69) is 51.2 Å². The average molecular weight is 482 g/mol. The number of amides is 1. The van der Waals surface area contributed by atoms with Crippen molar-refractivity contribution in [2.75, 3.05) is 29.9 Å². The second kappa shape index (κ2) is 10.9. The second-order valence-electron chi connectivity index (χ2n) is 6.54. The van der Waals surface area contributed by atoms with Gasteiger partial charge in [-0.3, -0.25) is 4.79 Å². The van der Waals surface area contributed by atoms with E-state index in [4.69, 9.17) is 0 Å². The fourth-order valence-electron chi connectivity index (χ4n) is 3.54. The zero-order valence-electron chi connectivity index (χ0n) is 14.9. The molecule has 140 valence electrons. The normalized spacial score (nSPS) is 15.3. The van der Waals surface area contributed by atoms with E-state index in [9.17, 15) is 4.79 Å². The molecule has 0 aliphatic carbocycles. The van der Waals surface area contributed by atoms with Crippen molar-refractivity contribution in [3.63, 3.8) is 0 Å². The number of para-hydroxylation sites is 1. The zero-order valence-corrected chi connectivity index (χ0v) is 18.2. The van der Waals surface area contributed by atoms with Gasteiger partial charge in [0.2, 0.25) is 5.91 Å². The van der Waals surface area contributed by atoms with Crippen LogP contribution in [0.2, 0.25) is 0 Å². The monoisotopic (exact) mass is 480 g/mol. The minimum absolute atomic E-state index is 0. The molecule has 1 heterocycles. The smallest absolute Gasteiger partial charge is 0.237 e. The van der Waals surface area contributed by atoms with Crippen LogP contribution in [-0.4, -0.2) is 41.8 Å². The Labute approximate surface area is 175 Å². The molecule has 2 aromatic rings. The van der Waals surface area contributed by atoms with Crippen molar-refractivity contribution < 1.29 is 4.79 Å². The molecule has 1 amide bonds. The summed E-state index contributed by atoms with van der Waals surface area (Å²) in [4.78, 5) is 17.0. The molecular weight excluding hydrogens is 456 g/mol. The molecule has 0 saturated carbocycles. The van der Waals surface area contributed by atoms with Gasteiger partial charge in [0.1, 0.15) is 0 Å². The van der Waals surface area contributed by atoms with E-state index in [1.165, 1.54) is 5.56 Å². The average Bonchev–Trinajstić information content (AvgIpc) is 2.69. The Morgan fingerprint density at radius 3 is 2.15 bits per heavy atom. The second-order valence-corrected chi connectivity index (χ2v) is 7.10. The van der Waals surface area contributed by atoms with Gasteiger partial charge in [0.25, 0.3) is 0 Å². The Hall–Kier alpha value is -1.17. The molecule has 0 atom stereocenters. The molecular formula is C21H26Br2N2O. The molecule has 0 spiro atoms. The summed E-state index contributed by atoms with van der Waals surface area (Å²) in [5.74, 6) is 0.147. The number of carbonyl (C=O) groups excluding carboxylic acids is 1. The Morgan fingerprint density at radius 1 is 1.00 bits per heavy atom. The van der Waals surface area contributed by atoms with Gasteiger partial charge in [-0.1, -0.05) is 64.5 Å². The maximum atomic E-state index is 12.5. The van der Waals surface area contributed by atoms with Crippen molar-refractivity contribution in [1.82, 2.24) is 4.90 Å². The van der Waals surface area contributed by atoms with Gasteiger partial charge < -0.3 is 9.80 Å². The highest BCUT2D eigenvalue weighted by Gasteiger charge is 2.28. The van der Waals surface area contributed by atoms with Crippen LogP contribution < -0.4 is 4.90 Å². The van der Waals surface area contributed by atoms with Crippen LogP contribution in [0.1, 0.15) is 18.4 Å². The summed E-state index contributed by atoms with van der Waals surface area (Å²) < 4.78 is 0. The fraction of sp³-hybridized carbons (Fsp3) is 0.381. The van der Waals surface area contributed by atoms with Gasteiger partial charge >= 0.3 is 0 Å². The number of benzene rings is 2. The van der Waals surface area contributed by atoms with E-state index in [1.807, 2.05) is 35.2 Å². The van der Waals surface area contributed by atoms with Crippen LogP contribution in [0.3, 0.4) is 0 Å². The summed E-state index contributed by atoms with van der Waals surface area (Å²) in [5.41, 5.74) is 2.40. The number of rotatable bonds is 6. The number of hydrogen-bond acceptors (Lipinski definition) is 2. The molecule has 3 nitrogen and oxygen atoms in total. The van der Waals surface area contributed by atoms with Crippen molar-refractivity contribution in [3.8, 4) is 0 Å². The molecule has 0 aromatic heterocycles. The van der Waals surface area contributed by atoms with E-state index in [0.29, 0.717) is 11.4 Å². The van der Waals surface area contributed by atoms with Gasteiger partial charge in [-0.2, -0.15) is 0 Å². The van der Waals surface area contributed by atoms with Gasteiger partial charge in [-0.05, 0) is 37.0 Å². The van der Waals surface area contributed by atoms with Gasteiger partial charge in [-0.25, -0.2) is 0 Å². The summed E-state index contributed by atoms with van der Waals surface area (Å²) in [7, 11) is 0. The molecule has 0 radical (unpaired) electrons. The first-order valence-corrected chi connectivity index (χ1v) is 10.1. The molecule has 1 fully saturated rings. The summed E-state index contributed by atoms with van der Waals surface area (Å²) in [6.07, 6.45) is 3.15. The van der Waals surface area contributed by atoms with E-state index in [1.54, 1.807) is 0 Å². The van der Waals surface area contributed by atoms with Gasteiger partial charge in [0.15, 0.2) is 0 Å². The molecule has 3 rings (SSSR count). The molecule has 0 N–H and O–H groups in total. The summed E-state index contributed by atoms with van der Waals surface area (Å²) in [6, 6.07) is 21.0. The number of nitrogens with zero attached hydrogens (tertiary/aromatic N) is 2. The lowest BCUT2D eigenvalue weighted by molar-refractivity contribution is -0.116. The lowest BCUT2D eigenvalue weighted by atomic mass is 10.0. The van der Waals surface area contributed by atoms with E-state index in [-0.39, 0.29) is 22.9 Å². The summed E-state index contributed by atoms with van der Waals surface area (Å²) in [5, 5.41) is 0.371. The van der Waals surface area contributed by atoms with Crippen LogP contribution in [0.15, 0.2) is 60.7 Å². The van der Waals surface area contributed by atoms with Crippen LogP contribution >= 0.6 is 32.9 Å². The summed E-state index contributed by atoms with van der Waals surface area (Å²) in [6.45, 7) is 3.20. The van der Waals surface area contributed by atoms with Crippen molar-refractivity contribution >= 4 is 44.5 Å². The highest BCUT2D eigenvalue weighted by molar-refractivity contribution is 9.09. The van der Waals surface area contributed by atoms with Crippen molar-refractivity contribution in [3.05, 3.63) is 66.2 Å². The number of likely N-dealkylation sites (tertiary alicyclic amines) is 1. The van der Waals surface area contributed by atoms with E-state index >= 15 is 0 Å². The van der Waals surface area contributed by atoms with Crippen molar-refractivity contribution in [2.24, 2.45) is 0 Å². The maximum Gasteiger partial charge on any atom is 0.237 e. The van der Waals surface area contributed by atoms with Crippen molar-refractivity contribution in [2.45, 2.75) is 25.3 Å². The summed E-state index contributed by atoms with van der Waals surface area (Å²) >= 11 is 3.34. The number of halogens is 2. The lowest BCUT2D eigenvalue weighted by Gasteiger charge is -2.38. The number of hydrogen-bond donors (Lipinski definition) is 0. The zero-order chi connectivity index (χ0) is 17.5. The molecule has 2 aromatic carbocycles. The Kier molecular flexibility index (Phi) is 8.82. The van der Waals surface area contributed by atoms with Gasteiger partial charge in [0, 0.05) is 31.4 Å². The third-order valence-corrected chi connectivity index (χ3v) is 5.38. The molecule has 1 saturated heterocycles. The Balaban J connectivity index is 0.00000243. The predicted molar refractivity (Wildman–Crippen MR) is 118 cm³/mol. The number of alkyl halides is 1. The number of carbonyl (C=O) groups is 1. The first kappa shape index (κ1) is 21.1. The molecule has 1 aliphatic heterocycles. The highest BCUT2D eigenvalue weighted by atomic mass is 79.9. The first-order chi connectivity index (χ1) is 12.3. The van der Waals surface area contributed by atoms with Crippen LogP contribution in [0.5, 0.6) is 0 Å². The quantitative estimate of drug-likeness (QED) is 0.558. The fourth-order valence-corrected chi connectivity index (χ4v) is 3.81. The standard InChI is InChI=1S/C21H25BrN2O.BrH/c22-17-21(25)24(19-9-5-2-6-10-19)20-12-15-23(16-13-20)14-11-18-7-3-1-4-8-18;/h1-10,20H,11-17H2;1H. The SMILES string of the molecule is Br.O=C(CBr)N(c1ccccc1)C1CCN(CCc2ccccc2)CC1. The minimum Gasteiger partial charge on any atom is -0.309 e. The van der Waals surface area contributed by atoms with Gasteiger partial charge in [-0.15, -0.1) is 17.0 Å². The molecule has 5 heteroatoms. The third-order valence-electron chi connectivity index (χ3n) is 4.90. The largest absolute Gasteiger partial charge is 0.309 e. The van der Waals surface area contributed by atoms with Crippen LogP contribution in [0, 0.1) is 0 Å².